The van der Waals surface area contributed by atoms with Crippen LogP contribution in [-0.4, -0.2) is 38.3 Å². The highest BCUT2D eigenvalue weighted by Crippen LogP contribution is 2.37. The molecule has 0 aromatic rings. The lowest BCUT2D eigenvalue weighted by Crippen LogP contribution is -2.44. The fourth-order valence-corrected chi connectivity index (χ4v) is 2.75. The molecule has 1 atom stereocenters. The lowest BCUT2D eigenvalue weighted by Gasteiger charge is -2.38. The zero-order valence-electron chi connectivity index (χ0n) is 15.6. The van der Waals surface area contributed by atoms with Crippen LogP contribution in [0.25, 0.3) is 0 Å². The molecule has 0 aromatic heterocycles. The van der Waals surface area contributed by atoms with Crippen LogP contribution in [0.15, 0.2) is 0 Å². The first kappa shape index (κ1) is 21.8. The number of nitrogens with one attached hydrogen (secondary N) is 1. The van der Waals surface area contributed by atoms with Gasteiger partial charge in [-0.2, -0.15) is 0 Å². The maximum atomic E-state index is 11.8. The number of imide groups is 1. The van der Waals surface area contributed by atoms with Crippen molar-refractivity contribution in [1.82, 2.24) is 5.32 Å². The maximum Gasteiger partial charge on any atom is 0.414 e. The molecule has 0 aliphatic heterocycles. The third kappa shape index (κ3) is 8.85. The molecule has 0 saturated carbocycles. The standard InChI is InChI=1S/C16H31NO5Si/c1-15(2,3)21-14(20)17-13(19)10-9-12(11-18)22-23(7,8)16(4,5)6/h11-12H,9-10H2,1-8H3,(H,17,19,20)/t12-/m0/s1. The van der Waals surface area contributed by atoms with E-state index in [4.69, 9.17) is 9.16 Å². The summed E-state index contributed by atoms with van der Waals surface area (Å²) >= 11 is 0. The smallest absolute Gasteiger partial charge is 0.414 e. The van der Waals surface area contributed by atoms with Gasteiger partial charge in [0.1, 0.15) is 18.0 Å². The van der Waals surface area contributed by atoms with Gasteiger partial charge in [-0.3, -0.25) is 10.1 Å². The van der Waals surface area contributed by atoms with Gasteiger partial charge in [0.25, 0.3) is 0 Å². The predicted octanol–water partition coefficient (Wildman–Crippen LogP) is 3.41. The van der Waals surface area contributed by atoms with Crippen molar-refractivity contribution in [3.63, 3.8) is 0 Å². The molecule has 0 bridgehead atoms. The summed E-state index contributed by atoms with van der Waals surface area (Å²) in [6.07, 6.45) is -0.431. The average molecular weight is 346 g/mol. The molecule has 0 aliphatic carbocycles. The summed E-state index contributed by atoms with van der Waals surface area (Å²) in [6.45, 7) is 15.5. The number of hydrogen-bond donors (Lipinski definition) is 1. The first-order valence-electron chi connectivity index (χ1n) is 7.84. The molecule has 0 unspecified atom stereocenters. The third-order valence-corrected chi connectivity index (χ3v) is 8.20. The van der Waals surface area contributed by atoms with Crippen molar-refractivity contribution >= 4 is 26.6 Å². The molecule has 6 nitrogen and oxygen atoms in total. The van der Waals surface area contributed by atoms with Crippen LogP contribution in [0.1, 0.15) is 54.4 Å². The van der Waals surface area contributed by atoms with E-state index in [0.29, 0.717) is 0 Å². The van der Waals surface area contributed by atoms with Gasteiger partial charge in [0.15, 0.2) is 8.32 Å². The number of rotatable bonds is 6. The second-order valence-electron chi connectivity index (χ2n) is 8.14. The van der Waals surface area contributed by atoms with Crippen LogP contribution >= 0.6 is 0 Å². The lowest BCUT2D eigenvalue weighted by atomic mass is 10.2. The molecule has 0 aliphatic rings. The molecule has 2 amide bonds. The number of amides is 2. The number of carbonyl (C=O) groups is 3. The molecule has 0 heterocycles. The lowest BCUT2D eigenvalue weighted by molar-refractivity contribution is -0.121. The highest BCUT2D eigenvalue weighted by Gasteiger charge is 2.39. The summed E-state index contributed by atoms with van der Waals surface area (Å²) in [5.41, 5.74) is -0.666. The molecule has 1 N–H and O–H groups in total. The van der Waals surface area contributed by atoms with Gasteiger partial charge in [0.2, 0.25) is 5.91 Å². The Kier molecular flexibility index (Phi) is 7.63. The van der Waals surface area contributed by atoms with Crippen LogP contribution in [0.2, 0.25) is 18.1 Å². The summed E-state index contributed by atoms with van der Waals surface area (Å²) in [6, 6.07) is 0. The van der Waals surface area contributed by atoms with E-state index in [1.165, 1.54) is 0 Å². The van der Waals surface area contributed by atoms with Gasteiger partial charge in [0.05, 0.1) is 0 Å². The summed E-state index contributed by atoms with van der Waals surface area (Å²) in [5, 5.41) is 2.13. The van der Waals surface area contributed by atoms with Gasteiger partial charge >= 0.3 is 6.09 Å². The van der Waals surface area contributed by atoms with E-state index in [0.717, 1.165) is 6.29 Å². The zero-order chi connectivity index (χ0) is 18.5. The van der Waals surface area contributed by atoms with Gasteiger partial charge in [-0.25, -0.2) is 4.79 Å². The van der Waals surface area contributed by atoms with E-state index < -0.39 is 32.0 Å². The van der Waals surface area contributed by atoms with Crippen molar-refractivity contribution in [3.05, 3.63) is 0 Å². The number of alkyl carbamates (subject to hydrolysis) is 1. The minimum atomic E-state index is -2.08. The van der Waals surface area contributed by atoms with Crippen LogP contribution < -0.4 is 5.32 Å². The second-order valence-corrected chi connectivity index (χ2v) is 12.9. The Bertz CT molecular complexity index is 435. The van der Waals surface area contributed by atoms with Crippen LogP contribution in [0, 0.1) is 0 Å². The van der Waals surface area contributed by atoms with Crippen LogP contribution in [0.3, 0.4) is 0 Å². The van der Waals surface area contributed by atoms with Crippen molar-refractivity contribution < 1.29 is 23.5 Å². The number of hydrogen-bond acceptors (Lipinski definition) is 5. The molecule has 0 aromatic carbocycles. The largest absolute Gasteiger partial charge is 0.444 e. The van der Waals surface area contributed by atoms with Crippen LogP contribution in [0.4, 0.5) is 4.79 Å². The van der Waals surface area contributed by atoms with E-state index in [2.05, 4.69) is 26.1 Å². The Hall–Kier alpha value is -1.21. The molecule has 0 fully saturated rings. The van der Waals surface area contributed by atoms with Crippen molar-refractivity contribution in [2.24, 2.45) is 0 Å². The van der Waals surface area contributed by atoms with Crippen molar-refractivity contribution in [2.45, 2.75) is 84.2 Å². The molecule has 0 spiro atoms. The molecule has 23 heavy (non-hydrogen) atoms. The monoisotopic (exact) mass is 345 g/mol. The molecule has 134 valence electrons. The quantitative estimate of drug-likeness (QED) is 0.589. The van der Waals surface area contributed by atoms with Crippen molar-refractivity contribution in [1.29, 1.82) is 0 Å². The molecular weight excluding hydrogens is 314 g/mol. The number of aldehydes is 1. The van der Waals surface area contributed by atoms with E-state index in [-0.39, 0.29) is 17.9 Å². The Morgan fingerprint density at radius 2 is 1.65 bits per heavy atom. The molecule has 0 radical (unpaired) electrons. The predicted molar refractivity (Wildman–Crippen MR) is 91.7 cm³/mol. The minimum absolute atomic E-state index is 0.0208. The first-order valence-corrected chi connectivity index (χ1v) is 10.7. The topological polar surface area (TPSA) is 81.7 Å². The summed E-state index contributed by atoms with van der Waals surface area (Å²) < 4.78 is 11.0. The normalized spacial score (nSPS) is 14.1. The second kappa shape index (κ2) is 8.05. The van der Waals surface area contributed by atoms with Crippen LogP contribution in [0.5, 0.6) is 0 Å². The fourth-order valence-electron chi connectivity index (χ4n) is 1.46. The van der Waals surface area contributed by atoms with E-state index in [1.807, 2.05) is 13.1 Å². The average Bonchev–Trinajstić information content (AvgIpc) is 2.30. The third-order valence-electron chi connectivity index (χ3n) is 3.70. The Morgan fingerprint density at radius 1 is 1.13 bits per heavy atom. The molecular formula is C16H31NO5Si. The molecule has 7 heteroatoms. The summed E-state index contributed by atoms with van der Waals surface area (Å²) in [7, 11) is -2.08. The van der Waals surface area contributed by atoms with Gasteiger partial charge < -0.3 is 14.0 Å². The Labute approximate surface area is 140 Å². The number of carbonyl (C=O) groups excluding carboxylic acids is 3. The van der Waals surface area contributed by atoms with E-state index in [1.54, 1.807) is 20.8 Å². The maximum absolute atomic E-state index is 11.8. The molecule has 0 saturated heterocycles. The highest BCUT2D eigenvalue weighted by molar-refractivity contribution is 6.74. The number of ether oxygens (including phenoxy) is 1. The first-order chi connectivity index (χ1) is 10.2. The van der Waals surface area contributed by atoms with E-state index >= 15 is 0 Å². The SMILES string of the molecule is CC(C)(C)OC(=O)NC(=O)CC[C@@H](C=O)O[Si](C)(C)C(C)(C)C. The summed E-state index contributed by atoms with van der Waals surface area (Å²) in [4.78, 5) is 34.5. The molecule has 0 rings (SSSR count). The van der Waals surface area contributed by atoms with Crippen molar-refractivity contribution in [3.8, 4) is 0 Å². The zero-order valence-corrected chi connectivity index (χ0v) is 16.6. The minimum Gasteiger partial charge on any atom is -0.444 e. The van der Waals surface area contributed by atoms with Gasteiger partial charge in [-0.05, 0) is 45.3 Å². The summed E-state index contributed by atoms with van der Waals surface area (Å²) in [5.74, 6) is -0.482. The van der Waals surface area contributed by atoms with Gasteiger partial charge in [-0.1, -0.05) is 20.8 Å². The van der Waals surface area contributed by atoms with Gasteiger partial charge in [0, 0.05) is 6.42 Å². The highest BCUT2D eigenvalue weighted by atomic mass is 28.4. The van der Waals surface area contributed by atoms with Gasteiger partial charge in [-0.15, -0.1) is 0 Å². The van der Waals surface area contributed by atoms with Crippen LogP contribution in [-0.2, 0) is 18.8 Å². The Morgan fingerprint density at radius 3 is 2.04 bits per heavy atom. The Balaban J connectivity index is 4.44. The van der Waals surface area contributed by atoms with Crippen molar-refractivity contribution in [2.75, 3.05) is 0 Å². The van der Waals surface area contributed by atoms with E-state index in [9.17, 15) is 14.4 Å². The fraction of sp³-hybridized carbons (Fsp3) is 0.812.